The molecule has 24 heavy (non-hydrogen) atoms. The zero-order chi connectivity index (χ0) is 17.1. The molecule has 1 atom stereocenters. The van der Waals surface area contributed by atoms with Crippen LogP contribution in [0, 0.1) is 6.92 Å². The van der Waals surface area contributed by atoms with Crippen molar-refractivity contribution < 1.29 is 18.0 Å². The van der Waals surface area contributed by atoms with Crippen LogP contribution in [0.15, 0.2) is 23.2 Å². The standard InChI is InChI=1S/C14H11F3N4OS2/c1-7-3-2-4-8-9(7)18-11(24-8)19-13(14(15,16)17)10(22)21-5-6-23-12(21)20-13/h2-4H,5-6H2,1H3,(H,18,19). The van der Waals surface area contributed by atoms with Crippen molar-refractivity contribution in [3.63, 3.8) is 0 Å². The van der Waals surface area contributed by atoms with Gasteiger partial charge in [-0.3, -0.25) is 9.69 Å². The maximum absolute atomic E-state index is 13.7. The molecule has 0 aliphatic carbocycles. The van der Waals surface area contributed by atoms with E-state index in [2.05, 4.69) is 15.3 Å². The number of benzene rings is 1. The van der Waals surface area contributed by atoms with Gasteiger partial charge in [-0.2, -0.15) is 13.2 Å². The Morgan fingerprint density at radius 1 is 1.38 bits per heavy atom. The molecule has 0 spiro atoms. The van der Waals surface area contributed by atoms with Crippen molar-refractivity contribution in [3.05, 3.63) is 23.8 Å². The molecule has 3 heterocycles. The Labute approximate surface area is 143 Å². The Morgan fingerprint density at radius 2 is 2.17 bits per heavy atom. The number of para-hydroxylation sites is 1. The number of aromatic nitrogens is 1. The largest absolute Gasteiger partial charge is 0.442 e. The maximum Gasteiger partial charge on any atom is 0.442 e. The van der Waals surface area contributed by atoms with Gasteiger partial charge in [-0.1, -0.05) is 35.2 Å². The highest BCUT2D eigenvalue weighted by Crippen LogP contribution is 2.44. The Morgan fingerprint density at radius 3 is 2.83 bits per heavy atom. The van der Waals surface area contributed by atoms with Gasteiger partial charge in [0.25, 0.3) is 5.91 Å². The molecule has 2 aliphatic heterocycles. The second-order valence-electron chi connectivity index (χ2n) is 5.47. The van der Waals surface area contributed by atoms with E-state index < -0.39 is 17.7 Å². The highest BCUT2D eigenvalue weighted by molar-refractivity contribution is 8.14. The summed E-state index contributed by atoms with van der Waals surface area (Å²) in [5.74, 6) is -0.537. The van der Waals surface area contributed by atoms with Gasteiger partial charge in [-0.25, -0.2) is 9.98 Å². The number of halogens is 3. The van der Waals surface area contributed by atoms with Gasteiger partial charge in [0.15, 0.2) is 10.3 Å². The average molecular weight is 372 g/mol. The van der Waals surface area contributed by atoms with Crippen molar-refractivity contribution in [1.82, 2.24) is 9.88 Å². The van der Waals surface area contributed by atoms with Crippen molar-refractivity contribution in [2.24, 2.45) is 4.99 Å². The van der Waals surface area contributed by atoms with E-state index in [9.17, 15) is 18.0 Å². The molecule has 126 valence electrons. The normalized spacial score (nSPS) is 23.8. The average Bonchev–Trinajstić information content (AvgIpc) is 3.16. The fourth-order valence-electron chi connectivity index (χ4n) is 2.70. The van der Waals surface area contributed by atoms with E-state index in [1.54, 1.807) is 6.07 Å². The van der Waals surface area contributed by atoms with E-state index in [1.807, 2.05) is 19.1 Å². The molecular weight excluding hydrogens is 361 g/mol. The van der Waals surface area contributed by atoms with Crippen LogP contribution >= 0.6 is 23.1 Å². The van der Waals surface area contributed by atoms with E-state index in [1.165, 1.54) is 0 Å². The quantitative estimate of drug-likeness (QED) is 0.880. The van der Waals surface area contributed by atoms with Crippen LogP contribution in [0.3, 0.4) is 0 Å². The lowest BCUT2D eigenvalue weighted by molar-refractivity contribution is -0.185. The van der Waals surface area contributed by atoms with E-state index >= 15 is 0 Å². The van der Waals surface area contributed by atoms with Crippen LogP contribution in [-0.4, -0.2) is 45.1 Å². The summed E-state index contributed by atoms with van der Waals surface area (Å²) in [6, 6.07) is 5.42. The highest BCUT2D eigenvalue weighted by Gasteiger charge is 2.67. The van der Waals surface area contributed by atoms with Crippen molar-refractivity contribution in [1.29, 1.82) is 0 Å². The van der Waals surface area contributed by atoms with Gasteiger partial charge < -0.3 is 5.32 Å². The molecule has 10 heteroatoms. The number of hydrogen-bond donors (Lipinski definition) is 1. The molecule has 1 fully saturated rings. The summed E-state index contributed by atoms with van der Waals surface area (Å²) in [6.45, 7) is 2.07. The Balaban J connectivity index is 1.80. The smallest absolute Gasteiger partial charge is 0.322 e. The van der Waals surface area contributed by atoms with Gasteiger partial charge in [-0.05, 0) is 18.6 Å². The van der Waals surface area contributed by atoms with Gasteiger partial charge in [0, 0.05) is 12.3 Å². The first-order valence-corrected chi connectivity index (χ1v) is 8.88. The minimum Gasteiger partial charge on any atom is -0.322 e. The van der Waals surface area contributed by atoms with E-state index in [4.69, 9.17) is 0 Å². The molecule has 1 N–H and O–H groups in total. The molecule has 2 aliphatic rings. The van der Waals surface area contributed by atoms with Crippen LogP contribution in [0.5, 0.6) is 0 Å². The van der Waals surface area contributed by atoms with Crippen molar-refractivity contribution in [2.75, 3.05) is 17.6 Å². The van der Waals surface area contributed by atoms with Gasteiger partial charge in [0.1, 0.15) is 0 Å². The van der Waals surface area contributed by atoms with Crippen molar-refractivity contribution in [2.45, 2.75) is 18.8 Å². The number of alkyl halides is 3. The summed E-state index contributed by atoms with van der Waals surface area (Å²) in [5.41, 5.74) is -1.51. The van der Waals surface area contributed by atoms with Crippen LogP contribution in [-0.2, 0) is 4.79 Å². The second kappa shape index (κ2) is 5.09. The number of fused-ring (bicyclic) bond motifs is 2. The minimum absolute atomic E-state index is 0.0282. The topological polar surface area (TPSA) is 57.6 Å². The van der Waals surface area contributed by atoms with Crippen LogP contribution in [0.25, 0.3) is 10.2 Å². The number of amidine groups is 1. The molecule has 1 unspecified atom stereocenters. The molecule has 1 aromatic carbocycles. The number of anilines is 1. The molecule has 1 aromatic heterocycles. The number of rotatable bonds is 2. The second-order valence-corrected chi connectivity index (χ2v) is 7.57. The Kier molecular flexibility index (Phi) is 3.33. The lowest BCUT2D eigenvalue weighted by atomic mass is 10.1. The van der Waals surface area contributed by atoms with E-state index in [-0.39, 0.29) is 16.8 Å². The van der Waals surface area contributed by atoms with Gasteiger partial charge >= 0.3 is 11.8 Å². The van der Waals surface area contributed by atoms with Crippen LogP contribution in [0.4, 0.5) is 18.3 Å². The third kappa shape index (κ3) is 2.12. The molecule has 0 radical (unpaired) electrons. The number of hydrogen-bond acceptors (Lipinski definition) is 6. The number of nitrogens with one attached hydrogen (secondary N) is 1. The number of carbonyl (C=O) groups is 1. The number of thioether (sulfide) groups is 1. The molecular formula is C14H11F3N4OS2. The zero-order valence-electron chi connectivity index (χ0n) is 12.3. The van der Waals surface area contributed by atoms with Gasteiger partial charge in [0.05, 0.1) is 10.2 Å². The number of nitrogens with zero attached hydrogens (tertiary/aromatic N) is 3. The predicted octanol–water partition coefficient (Wildman–Crippen LogP) is 3.22. The first kappa shape index (κ1) is 15.7. The lowest BCUT2D eigenvalue weighted by Crippen LogP contribution is -2.57. The Bertz CT molecular complexity index is 879. The van der Waals surface area contributed by atoms with Crippen LogP contribution in [0.1, 0.15) is 5.56 Å². The third-order valence-electron chi connectivity index (χ3n) is 3.91. The molecule has 1 saturated heterocycles. The molecule has 4 rings (SSSR count). The monoisotopic (exact) mass is 372 g/mol. The minimum atomic E-state index is -4.87. The molecule has 1 amide bonds. The van der Waals surface area contributed by atoms with Gasteiger partial charge in [-0.15, -0.1) is 0 Å². The summed E-state index contributed by atoms with van der Waals surface area (Å²) in [7, 11) is 0. The summed E-state index contributed by atoms with van der Waals surface area (Å²) in [6.07, 6.45) is -4.87. The SMILES string of the molecule is Cc1cccc2sc(NC3(C(F)(F)F)N=C4SCCN4C3=O)nc12. The highest BCUT2D eigenvalue weighted by atomic mass is 32.2. The fourth-order valence-corrected chi connectivity index (χ4v) is 4.68. The molecule has 5 nitrogen and oxygen atoms in total. The number of aryl methyl sites for hydroxylation is 1. The maximum atomic E-state index is 13.7. The fraction of sp³-hybridized carbons (Fsp3) is 0.357. The summed E-state index contributed by atoms with van der Waals surface area (Å²) >= 11 is 2.23. The zero-order valence-corrected chi connectivity index (χ0v) is 14.0. The van der Waals surface area contributed by atoms with Crippen LogP contribution < -0.4 is 5.32 Å². The lowest BCUT2D eigenvalue weighted by Gasteiger charge is -2.28. The predicted molar refractivity (Wildman–Crippen MR) is 88.4 cm³/mol. The van der Waals surface area contributed by atoms with Crippen LogP contribution in [0.2, 0.25) is 0 Å². The number of carbonyl (C=O) groups excluding carboxylic acids is 1. The summed E-state index contributed by atoms with van der Waals surface area (Å²) in [4.78, 5) is 21.5. The molecule has 0 bridgehead atoms. The summed E-state index contributed by atoms with van der Waals surface area (Å²) < 4.78 is 42.0. The molecule has 0 saturated carbocycles. The Hall–Kier alpha value is -1.81. The number of thiazole rings is 1. The number of aliphatic imine (C=N–C) groups is 1. The van der Waals surface area contributed by atoms with E-state index in [0.29, 0.717) is 11.3 Å². The first-order valence-electron chi connectivity index (χ1n) is 7.07. The van der Waals surface area contributed by atoms with Crippen molar-refractivity contribution in [3.8, 4) is 0 Å². The summed E-state index contributed by atoms with van der Waals surface area (Å²) in [5, 5.41) is 2.42. The van der Waals surface area contributed by atoms with Gasteiger partial charge in [0.2, 0.25) is 0 Å². The molecule has 2 aromatic rings. The van der Waals surface area contributed by atoms with E-state index in [0.717, 1.165) is 38.3 Å². The van der Waals surface area contributed by atoms with Crippen molar-refractivity contribution >= 4 is 49.5 Å². The first-order chi connectivity index (χ1) is 11.3. The third-order valence-corrected chi connectivity index (χ3v) is 5.81. The number of amides is 1.